The fourth-order valence-corrected chi connectivity index (χ4v) is 1.70. The van der Waals surface area contributed by atoms with Gasteiger partial charge in [-0.2, -0.15) is 0 Å². The van der Waals surface area contributed by atoms with E-state index < -0.39 is 24.0 Å². The maximum atomic E-state index is 11.7. The molecule has 2 N–H and O–H groups in total. The summed E-state index contributed by atoms with van der Waals surface area (Å²) in [6.07, 6.45) is -1.19. The molecule has 1 amide bonds. The molecule has 2 unspecified atom stereocenters. The third-order valence-electron chi connectivity index (χ3n) is 2.43. The average Bonchev–Trinajstić information content (AvgIpc) is 2.36. The van der Waals surface area contributed by atoms with Crippen molar-refractivity contribution < 1.29 is 19.4 Å². The molecule has 104 valence electrons. The van der Waals surface area contributed by atoms with Crippen molar-refractivity contribution in [3.63, 3.8) is 0 Å². The highest BCUT2D eigenvalue weighted by atomic mass is 35.5. The maximum absolute atomic E-state index is 11.7. The number of halogens is 1. The first-order valence-corrected chi connectivity index (χ1v) is 6.20. The van der Waals surface area contributed by atoms with Gasteiger partial charge in [0.05, 0.1) is 6.61 Å². The zero-order valence-corrected chi connectivity index (χ0v) is 11.5. The number of carbonyl (C=O) groups excluding carboxylic acids is 2. The Morgan fingerprint density at radius 2 is 1.95 bits per heavy atom. The van der Waals surface area contributed by atoms with Gasteiger partial charge in [-0.05, 0) is 24.6 Å². The van der Waals surface area contributed by atoms with Crippen molar-refractivity contribution in [2.75, 3.05) is 6.61 Å². The van der Waals surface area contributed by atoms with Gasteiger partial charge >= 0.3 is 5.97 Å². The second kappa shape index (κ2) is 7.11. The second-order valence-corrected chi connectivity index (χ2v) is 4.36. The van der Waals surface area contributed by atoms with E-state index in [4.69, 9.17) is 16.3 Å². The van der Waals surface area contributed by atoms with Gasteiger partial charge in [0.25, 0.3) is 0 Å². The maximum Gasteiger partial charge on any atom is 0.331 e. The summed E-state index contributed by atoms with van der Waals surface area (Å²) in [5.41, 5.74) is 0.469. The van der Waals surface area contributed by atoms with Gasteiger partial charge in [0, 0.05) is 11.9 Å². The largest absolute Gasteiger partial charge is 0.464 e. The molecule has 0 aromatic heterocycles. The first-order valence-electron chi connectivity index (χ1n) is 5.83. The lowest BCUT2D eigenvalue weighted by molar-refractivity contribution is -0.150. The fraction of sp³-hybridized carbons (Fsp3) is 0.385. The quantitative estimate of drug-likeness (QED) is 0.803. The van der Waals surface area contributed by atoms with Crippen molar-refractivity contribution in [2.24, 2.45) is 0 Å². The molecule has 6 heteroatoms. The molecule has 1 aromatic carbocycles. The molecular formula is C13H16ClNO4. The third kappa shape index (κ3) is 4.54. The van der Waals surface area contributed by atoms with Crippen LogP contribution in [0.2, 0.25) is 5.02 Å². The summed E-state index contributed by atoms with van der Waals surface area (Å²) in [7, 11) is 0. The van der Waals surface area contributed by atoms with Crippen LogP contribution in [0.3, 0.4) is 0 Å². The van der Waals surface area contributed by atoms with E-state index in [1.54, 1.807) is 31.2 Å². The highest BCUT2D eigenvalue weighted by Gasteiger charge is 2.30. The van der Waals surface area contributed by atoms with E-state index in [0.29, 0.717) is 10.6 Å². The topological polar surface area (TPSA) is 75.6 Å². The van der Waals surface area contributed by atoms with E-state index in [9.17, 15) is 14.7 Å². The number of aliphatic hydroxyl groups excluding tert-OH is 1. The van der Waals surface area contributed by atoms with Gasteiger partial charge in [0.15, 0.2) is 6.04 Å². The summed E-state index contributed by atoms with van der Waals surface area (Å²) in [6.45, 7) is 3.08. The summed E-state index contributed by atoms with van der Waals surface area (Å²) in [5, 5.41) is 13.1. The van der Waals surface area contributed by atoms with E-state index >= 15 is 0 Å². The standard InChI is InChI=1S/C13H16ClNO4/c1-3-19-13(18)11(15-8(2)16)12(17)9-4-6-10(14)7-5-9/h4-7,11-12,17H,3H2,1-2H3,(H,15,16). The highest BCUT2D eigenvalue weighted by molar-refractivity contribution is 6.30. The van der Waals surface area contributed by atoms with E-state index in [2.05, 4.69) is 5.32 Å². The van der Waals surface area contributed by atoms with Crippen LogP contribution in [0.15, 0.2) is 24.3 Å². The molecule has 0 fully saturated rings. The minimum Gasteiger partial charge on any atom is -0.464 e. The fourth-order valence-electron chi connectivity index (χ4n) is 1.57. The van der Waals surface area contributed by atoms with Crippen molar-refractivity contribution in [1.29, 1.82) is 0 Å². The van der Waals surface area contributed by atoms with Crippen LogP contribution in [-0.2, 0) is 14.3 Å². The molecule has 2 atom stereocenters. The number of hydrogen-bond acceptors (Lipinski definition) is 4. The average molecular weight is 286 g/mol. The zero-order valence-electron chi connectivity index (χ0n) is 10.7. The molecule has 0 aliphatic carbocycles. The van der Waals surface area contributed by atoms with Gasteiger partial charge in [0.2, 0.25) is 5.91 Å². The summed E-state index contributed by atoms with van der Waals surface area (Å²) in [4.78, 5) is 22.8. The number of amides is 1. The summed E-state index contributed by atoms with van der Waals surface area (Å²) < 4.78 is 4.83. The number of esters is 1. The van der Waals surface area contributed by atoms with Crippen molar-refractivity contribution in [2.45, 2.75) is 26.0 Å². The van der Waals surface area contributed by atoms with Crippen LogP contribution in [0.4, 0.5) is 0 Å². The molecule has 0 aliphatic rings. The van der Waals surface area contributed by atoms with E-state index in [1.807, 2.05) is 0 Å². The van der Waals surface area contributed by atoms with Crippen LogP contribution >= 0.6 is 11.6 Å². The summed E-state index contributed by atoms with van der Waals surface area (Å²) >= 11 is 5.75. The van der Waals surface area contributed by atoms with Crippen molar-refractivity contribution in [1.82, 2.24) is 5.32 Å². The van der Waals surface area contributed by atoms with E-state index in [-0.39, 0.29) is 6.61 Å². The first-order chi connectivity index (χ1) is 8.95. The minimum atomic E-state index is -1.19. The lowest BCUT2D eigenvalue weighted by Gasteiger charge is -2.22. The first kappa shape index (κ1) is 15.5. The predicted molar refractivity (Wildman–Crippen MR) is 70.6 cm³/mol. The number of hydrogen-bond donors (Lipinski definition) is 2. The number of benzene rings is 1. The van der Waals surface area contributed by atoms with Gasteiger partial charge in [-0.3, -0.25) is 4.79 Å². The molecule has 0 saturated heterocycles. The van der Waals surface area contributed by atoms with Crippen LogP contribution in [-0.4, -0.2) is 29.6 Å². The Kier molecular flexibility index (Phi) is 5.79. The van der Waals surface area contributed by atoms with Gasteiger partial charge < -0.3 is 15.2 Å². The van der Waals surface area contributed by atoms with E-state index in [0.717, 1.165) is 0 Å². The molecule has 0 bridgehead atoms. The smallest absolute Gasteiger partial charge is 0.331 e. The minimum absolute atomic E-state index is 0.169. The van der Waals surface area contributed by atoms with Gasteiger partial charge in [-0.25, -0.2) is 4.79 Å². The normalized spacial score (nSPS) is 13.5. The lowest BCUT2D eigenvalue weighted by Crippen LogP contribution is -2.45. The zero-order chi connectivity index (χ0) is 14.4. The number of nitrogens with one attached hydrogen (secondary N) is 1. The van der Waals surface area contributed by atoms with E-state index in [1.165, 1.54) is 6.92 Å². The van der Waals surface area contributed by atoms with Crippen molar-refractivity contribution in [3.05, 3.63) is 34.9 Å². The van der Waals surface area contributed by atoms with Crippen LogP contribution in [0, 0.1) is 0 Å². The van der Waals surface area contributed by atoms with Crippen molar-refractivity contribution in [3.8, 4) is 0 Å². The lowest BCUT2D eigenvalue weighted by atomic mass is 10.0. The second-order valence-electron chi connectivity index (χ2n) is 3.93. The van der Waals surface area contributed by atoms with Crippen LogP contribution < -0.4 is 5.32 Å². The molecule has 0 aliphatic heterocycles. The Balaban J connectivity index is 2.92. The number of aliphatic hydroxyl groups is 1. The third-order valence-corrected chi connectivity index (χ3v) is 2.68. The highest BCUT2D eigenvalue weighted by Crippen LogP contribution is 2.20. The van der Waals surface area contributed by atoms with Crippen LogP contribution in [0.5, 0.6) is 0 Å². The number of carbonyl (C=O) groups is 2. The molecule has 0 radical (unpaired) electrons. The molecular weight excluding hydrogens is 270 g/mol. The predicted octanol–water partition coefficient (Wildman–Crippen LogP) is 1.44. The Labute approximate surface area is 116 Å². The number of ether oxygens (including phenoxy) is 1. The Bertz CT molecular complexity index is 446. The molecule has 19 heavy (non-hydrogen) atoms. The summed E-state index contributed by atoms with van der Waals surface area (Å²) in [5.74, 6) is -1.11. The van der Waals surface area contributed by atoms with Gasteiger partial charge in [-0.15, -0.1) is 0 Å². The number of rotatable bonds is 5. The van der Waals surface area contributed by atoms with Crippen LogP contribution in [0.1, 0.15) is 25.5 Å². The monoisotopic (exact) mass is 285 g/mol. The Hall–Kier alpha value is -1.59. The molecule has 0 heterocycles. The molecule has 1 rings (SSSR count). The molecule has 1 aromatic rings. The van der Waals surface area contributed by atoms with Gasteiger partial charge in [0.1, 0.15) is 6.10 Å². The van der Waals surface area contributed by atoms with Gasteiger partial charge in [-0.1, -0.05) is 23.7 Å². The van der Waals surface area contributed by atoms with Crippen LogP contribution in [0.25, 0.3) is 0 Å². The van der Waals surface area contributed by atoms with Crippen molar-refractivity contribution >= 4 is 23.5 Å². The molecule has 0 spiro atoms. The molecule has 5 nitrogen and oxygen atoms in total. The SMILES string of the molecule is CCOC(=O)C(NC(C)=O)C(O)c1ccc(Cl)cc1. The Morgan fingerprint density at radius 1 is 1.37 bits per heavy atom. The molecule has 0 saturated carbocycles. The summed E-state index contributed by atoms with van der Waals surface area (Å²) in [6, 6.07) is 5.22. The Morgan fingerprint density at radius 3 is 2.42 bits per heavy atom.